The summed E-state index contributed by atoms with van der Waals surface area (Å²) < 4.78 is 37.8. The van der Waals surface area contributed by atoms with E-state index in [4.69, 9.17) is 0 Å². The molecule has 1 aromatic carbocycles. The first-order chi connectivity index (χ1) is 8.55. The fourth-order valence-corrected chi connectivity index (χ4v) is 2.43. The number of hydrogen-bond acceptors (Lipinski definition) is 1. The van der Waals surface area contributed by atoms with Crippen molar-refractivity contribution in [1.29, 1.82) is 0 Å². The Morgan fingerprint density at radius 2 is 2.00 bits per heavy atom. The minimum Gasteiger partial charge on any atom is -0.314 e. The molecule has 100 valence electrons. The van der Waals surface area contributed by atoms with E-state index in [1.165, 1.54) is 25.0 Å². The first-order valence-electron chi connectivity index (χ1n) is 6.45. The van der Waals surface area contributed by atoms with Gasteiger partial charge in [-0.05, 0) is 37.4 Å². The molecule has 1 unspecified atom stereocenters. The van der Waals surface area contributed by atoms with Crippen molar-refractivity contribution >= 4 is 0 Å². The third kappa shape index (κ3) is 3.73. The summed E-state index contributed by atoms with van der Waals surface area (Å²) in [5, 5.41) is 3.41. The number of halogens is 3. The van der Waals surface area contributed by atoms with Gasteiger partial charge in [0.15, 0.2) is 0 Å². The molecule has 0 bridgehead atoms. The summed E-state index contributed by atoms with van der Waals surface area (Å²) in [4.78, 5) is 0. The third-order valence-electron chi connectivity index (χ3n) is 3.40. The van der Waals surface area contributed by atoms with Gasteiger partial charge in [0.1, 0.15) is 0 Å². The van der Waals surface area contributed by atoms with Gasteiger partial charge in [-0.3, -0.25) is 0 Å². The molecule has 0 radical (unpaired) electrons. The molecule has 0 aromatic heterocycles. The van der Waals surface area contributed by atoms with Crippen LogP contribution in [0.3, 0.4) is 0 Å². The van der Waals surface area contributed by atoms with Crippen molar-refractivity contribution in [3.8, 4) is 0 Å². The predicted molar refractivity (Wildman–Crippen MR) is 65.4 cm³/mol. The van der Waals surface area contributed by atoms with E-state index in [0.717, 1.165) is 31.0 Å². The molecule has 1 aliphatic heterocycles. The third-order valence-corrected chi connectivity index (χ3v) is 3.40. The van der Waals surface area contributed by atoms with Crippen LogP contribution in [-0.4, -0.2) is 12.6 Å². The molecule has 0 aliphatic carbocycles. The molecule has 0 spiro atoms. The Balaban J connectivity index is 2.04. The van der Waals surface area contributed by atoms with Gasteiger partial charge in [-0.2, -0.15) is 13.2 Å². The second-order valence-corrected chi connectivity index (χ2v) is 4.90. The fraction of sp³-hybridized carbons (Fsp3) is 0.571. The van der Waals surface area contributed by atoms with E-state index in [2.05, 4.69) is 5.32 Å². The summed E-state index contributed by atoms with van der Waals surface area (Å²) >= 11 is 0. The average molecular weight is 257 g/mol. The van der Waals surface area contributed by atoms with Crippen molar-refractivity contribution in [3.05, 3.63) is 35.4 Å². The lowest BCUT2D eigenvalue weighted by Gasteiger charge is -2.16. The largest absolute Gasteiger partial charge is 0.416 e. The van der Waals surface area contributed by atoms with Crippen LogP contribution in [0.4, 0.5) is 13.2 Å². The molecule has 0 amide bonds. The van der Waals surface area contributed by atoms with Crippen LogP contribution in [0.15, 0.2) is 24.3 Å². The maximum atomic E-state index is 12.6. The van der Waals surface area contributed by atoms with E-state index in [9.17, 15) is 13.2 Å². The molecule has 4 heteroatoms. The van der Waals surface area contributed by atoms with Crippen LogP contribution in [0.1, 0.15) is 36.8 Å². The van der Waals surface area contributed by atoms with Gasteiger partial charge in [0, 0.05) is 6.04 Å². The predicted octanol–water partition coefficient (Wildman–Crippen LogP) is 3.78. The first-order valence-corrected chi connectivity index (χ1v) is 6.45. The Morgan fingerprint density at radius 3 is 2.78 bits per heavy atom. The van der Waals surface area contributed by atoms with Crippen molar-refractivity contribution in [2.24, 2.45) is 0 Å². The van der Waals surface area contributed by atoms with Crippen LogP contribution < -0.4 is 5.32 Å². The number of hydrogen-bond donors (Lipinski definition) is 1. The van der Waals surface area contributed by atoms with Gasteiger partial charge in [-0.15, -0.1) is 0 Å². The van der Waals surface area contributed by atoms with Crippen molar-refractivity contribution in [1.82, 2.24) is 5.32 Å². The van der Waals surface area contributed by atoms with Gasteiger partial charge in [-0.25, -0.2) is 0 Å². The molecule has 1 fully saturated rings. The zero-order chi connectivity index (χ0) is 13.0. The lowest BCUT2D eigenvalue weighted by Crippen LogP contribution is -2.30. The van der Waals surface area contributed by atoms with Crippen LogP contribution >= 0.6 is 0 Å². The average Bonchev–Trinajstić information content (AvgIpc) is 2.57. The molecule has 1 atom stereocenters. The molecular formula is C14H18F3N. The van der Waals surface area contributed by atoms with Crippen LogP contribution in [0, 0.1) is 0 Å². The van der Waals surface area contributed by atoms with Crippen molar-refractivity contribution in [3.63, 3.8) is 0 Å². The topological polar surface area (TPSA) is 12.0 Å². The highest BCUT2D eigenvalue weighted by Gasteiger charge is 2.30. The normalized spacial score (nSPS) is 21.6. The van der Waals surface area contributed by atoms with Gasteiger partial charge in [0.25, 0.3) is 0 Å². The van der Waals surface area contributed by atoms with E-state index in [0.29, 0.717) is 12.5 Å². The van der Waals surface area contributed by atoms with E-state index < -0.39 is 11.7 Å². The fourth-order valence-electron chi connectivity index (χ4n) is 2.43. The number of nitrogens with one attached hydrogen (secondary N) is 1. The van der Waals surface area contributed by atoms with E-state index in [1.807, 2.05) is 0 Å². The minimum atomic E-state index is -4.24. The van der Waals surface area contributed by atoms with Crippen LogP contribution in [0.5, 0.6) is 0 Å². The molecule has 1 nitrogen and oxygen atoms in total. The standard InChI is InChI=1S/C14H18F3N/c15-14(16,17)12-6-4-5-11(9-12)10-13-7-2-1-3-8-18-13/h4-6,9,13,18H,1-3,7-8,10H2. The zero-order valence-electron chi connectivity index (χ0n) is 10.3. The molecule has 1 saturated heterocycles. The minimum absolute atomic E-state index is 0.316. The SMILES string of the molecule is FC(F)(F)c1cccc(CC2CCCCCN2)c1. The zero-order valence-corrected chi connectivity index (χ0v) is 10.3. The Labute approximate surface area is 105 Å². The van der Waals surface area contributed by atoms with Crippen LogP contribution in [0.2, 0.25) is 0 Å². The van der Waals surface area contributed by atoms with E-state index in [-0.39, 0.29) is 0 Å². The van der Waals surface area contributed by atoms with Crippen LogP contribution in [-0.2, 0) is 12.6 Å². The van der Waals surface area contributed by atoms with Crippen molar-refractivity contribution < 1.29 is 13.2 Å². The first kappa shape index (κ1) is 13.4. The summed E-state index contributed by atoms with van der Waals surface area (Å²) in [5.41, 5.74) is 0.220. The Morgan fingerprint density at radius 1 is 1.17 bits per heavy atom. The second kappa shape index (κ2) is 5.74. The van der Waals surface area contributed by atoms with Crippen LogP contribution in [0.25, 0.3) is 0 Å². The second-order valence-electron chi connectivity index (χ2n) is 4.90. The van der Waals surface area contributed by atoms with Gasteiger partial charge >= 0.3 is 6.18 Å². The number of benzene rings is 1. The lowest BCUT2D eigenvalue weighted by molar-refractivity contribution is -0.137. The summed E-state index contributed by atoms with van der Waals surface area (Å²) in [5.74, 6) is 0. The van der Waals surface area contributed by atoms with Gasteiger partial charge in [-0.1, -0.05) is 31.0 Å². The summed E-state index contributed by atoms with van der Waals surface area (Å²) in [7, 11) is 0. The van der Waals surface area contributed by atoms with Crippen molar-refractivity contribution in [2.75, 3.05) is 6.54 Å². The monoisotopic (exact) mass is 257 g/mol. The molecule has 0 saturated carbocycles. The van der Waals surface area contributed by atoms with Gasteiger partial charge in [0.2, 0.25) is 0 Å². The highest BCUT2D eigenvalue weighted by molar-refractivity contribution is 5.26. The summed E-state index contributed by atoms with van der Waals surface area (Å²) in [6, 6.07) is 5.99. The van der Waals surface area contributed by atoms with Gasteiger partial charge in [0.05, 0.1) is 5.56 Å². The molecular weight excluding hydrogens is 239 g/mol. The smallest absolute Gasteiger partial charge is 0.314 e. The quantitative estimate of drug-likeness (QED) is 0.850. The van der Waals surface area contributed by atoms with Crippen molar-refractivity contribution in [2.45, 2.75) is 44.3 Å². The Bertz CT molecular complexity index is 379. The number of rotatable bonds is 2. The molecule has 1 aromatic rings. The molecule has 2 rings (SSSR count). The highest BCUT2D eigenvalue weighted by atomic mass is 19.4. The Hall–Kier alpha value is -1.03. The molecule has 1 aliphatic rings. The lowest BCUT2D eigenvalue weighted by atomic mass is 10.00. The summed E-state index contributed by atoms with van der Waals surface area (Å²) in [6.45, 7) is 0.976. The van der Waals surface area contributed by atoms with E-state index in [1.54, 1.807) is 6.07 Å². The highest BCUT2D eigenvalue weighted by Crippen LogP contribution is 2.29. The van der Waals surface area contributed by atoms with Gasteiger partial charge < -0.3 is 5.32 Å². The maximum absolute atomic E-state index is 12.6. The molecule has 18 heavy (non-hydrogen) atoms. The molecule has 1 heterocycles. The number of alkyl halides is 3. The maximum Gasteiger partial charge on any atom is 0.416 e. The molecule has 1 N–H and O–H groups in total. The Kier molecular flexibility index (Phi) is 4.27. The summed E-state index contributed by atoms with van der Waals surface area (Å²) in [6.07, 6.45) is 1.04. The van der Waals surface area contributed by atoms with E-state index >= 15 is 0 Å².